The Hall–Kier alpha value is -3.55. The van der Waals surface area contributed by atoms with Crippen molar-refractivity contribution in [3.63, 3.8) is 0 Å². The van der Waals surface area contributed by atoms with E-state index in [4.69, 9.17) is 28.4 Å². The zero-order valence-electron chi connectivity index (χ0n) is 73.4. The first kappa shape index (κ1) is 108. The van der Waals surface area contributed by atoms with Crippen LogP contribution in [0.15, 0.2) is 109 Å². The highest BCUT2D eigenvalue weighted by atomic mass is 16.8. The lowest BCUT2D eigenvalue weighted by atomic mass is 9.96. The first-order valence-corrected chi connectivity index (χ1v) is 47.6. The second-order valence-electron chi connectivity index (χ2n) is 33.5. The predicted molar refractivity (Wildman–Crippen MR) is 475 cm³/mol. The number of ether oxygens (including phenoxy) is 6. The summed E-state index contributed by atoms with van der Waals surface area (Å²) >= 11 is 0. The van der Waals surface area contributed by atoms with E-state index >= 15 is 0 Å². The van der Waals surface area contributed by atoms with Gasteiger partial charge in [0, 0.05) is 6.42 Å². The number of carbonyl (C=O) groups is 1. The maximum atomic E-state index is 13.5. The van der Waals surface area contributed by atoms with Gasteiger partial charge in [0.25, 0.3) is 0 Å². The first-order valence-electron chi connectivity index (χ1n) is 47.6. The average Bonchev–Trinajstić information content (AvgIpc) is 0.778. The molecule has 19 heteroatoms. The van der Waals surface area contributed by atoms with Crippen molar-refractivity contribution in [1.82, 2.24) is 5.32 Å². The molecule has 3 saturated heterocycles. The van der Waals surface area contributed by atoms with E-state index in [0.29, 0.717) is 6.42 Å². The van der Waals surface area contributed by atoms with Crippen molar-refractivity contribution in [1.29, 1.82) is 0 Å². The lowest BCUT2D eigenvalue weighted by Gasteiger charge is -2.48. The van der Waals surface area contributed by atoms with Gasteiger partial charge >= 0.3 is 0 Å². The molecule has 1 amide bonds. The highest BCUT2D eigenvalue weighted by Gasteiger charge is 2.54. The third-order valence-corrected chi connectivity index (χ3v) is 23.1. The molecule has 19 nitrogen and oxygen atoms in total. The van der Waals surface area contributed by atoms with Crippen LogP contribution in [-0.2, 0) is 33.2 Å². The molecule has 0 radical (unpaired) electrons. The molecule has 3 fully saturated rings. The summed E-state index contributed by atoms with van der Waals surface area (Å²) in [4.78, 5) is 13.5. The van der Waals surface area contributed by atoms with Crippen LogP contribution in [0.3, 0.4) is 0 Å². The normalized spacial score (nSPS) is 24.9. The predicted octanol–water partition coefficient (Wildman–Crippen LogP) is 19.2. The highest BCUT2D eigenvalue weighted by molar-refractivity contribution is 5.76. The lowest BCUT2D eigenvalue weighted by molar-refractivity contribution is -0.379. The Kier molecular flexibility index (Phi) is 70.0. The standard InChI is InChI=1S/C98H173NO18/c1-3-5-7-9-11-13-15-17-19-21-23-25-27-29-31-33-35-36-37-38-39-40-41-42-43-44-46-48-50-52-54-56-58-60-62-64-66-68-70-72-74-76-86(104)99-81(82(103)75-73-71-69-67-65-63-61-59-57-55-53-51-49-47-45-34-32-30-28-26-24-22-20-18-16-14-12-10-8-6-4-2)80-112-96-92(110)89(107)94(84(78-101)114-96)117-98-93(111)90(108)95(85(79-102)115-98)116-97-91(109)88(106)87(105)83(77-100)113-97/h5,7,11,13,17,19,23,25,29,31,35-36,38-39,41-42,73,75,81-85,87-98,100-103,105-111H,3-4,6,8-10,12,14-16,18,20-22,24,26-28,30,32-34,37,40,43-72,74,76-80H2,1-2H3,(H,99,104)/b7-5-,13-11-,19-17-,25-23-,31-29-,36-35-,39-38-,42-41-,75-73+. The molecule has 3 heterocycles. The Morgan fingerprint density at radius 2 is 0.590 bits per heavy atom. The second kappa shape index (κ2) is 76.1. The van der Waals surface area contributed by atoms with Gasteiger partial charge in [-0.15, -0.1) is 0 Å². The molecule has 117 heavy (non-hydrogen) atoms. The number of amides is 1. The summed E-state index contributed by atoms with van der Waals surface area (Å²) in [5.41, 5.74) is 0. The number of rotatable bonds is 77. The summed E-state index contributed by atoms with van der Waals surface area (Å²) in [5, 5.41) is 121. The summed E-state index contributed by atoms with van der Waals surface area (Å²) in [6.07, 6.45) is 81.0. The van der Waals surface area contributed by atoms with Crippen LogP contribution in [0.4, 0.5) is 0 Å². The van der Waals surface area contributed by atoms with E-state index in [1.807, 2.05) is 6.08 Å². The zero-order chi connectivity index (χ0) is 84.5. The maximum Gasteiger partial charge on any atom is 0.220 e. The number of allylic oxidation sites excluding steroid dienone is 17. The summed E-state index contributed by atoms with van der Waals surface area (Å²) < 4.78 is 34.6. The molecule has 3 aliphatic heterocycles. The number of carbonyl (C=O) groups excluding carboxylic acids is 1. The molecular weight excluding hydrogens is 1480 g/mol. The van der Waals surface area contributed by atoms with Gasteiger partial charge in [0.1, 0.15) is 73.2 Å². The van der Waals surface area contributed by atoms with Gasteiger partial charge in [-0.05, 0) is 83.5 Å². The Labute approximate surface area is 710 Å². The van der Waals surface area contributed by atoms with E-state index in [1.54, 1.807) is 6.08 Å². The monoisotopic (exact) mass is 1650 g/mol. The van der Waals surface area contributed by atoms with Crippen LogP contribution in [-0.4, -0.2) is 193 Å². The van der Waals surface area contributed by atoms with E-state index in [2.05, 4.69) is 116 Å². The molecule has 3 rings (SSSR count). The van der Waals surface area contributed by atoms with Crippen LogP contribution < -0.4 is 5.32 Å². The minimum absolute atomic E-state index is 0.240. The molecule has 3 aliphatic rings. The van der Waals surface area contributed by atoms with Crippen molar-refractivity contribution >= 4 is 5.91 Å². The van der Waals surface area contributed by atoms with Gasteiger partial charge in [0.05, 0.1) is 38.6 Å². The number of unbranched alkanes of at least 4 members (excludes halogenated alkanes) is 45. The number of hydrogen-bond acceptors (Lipinski definition) is 18. The summed E-state index contributed by atoms with van der Waals surface area (Å²) in [5.74, 6) is -0.273. The van der Waals surface area contributed by atoms with Gasteiger partial charge in [-0.3, -0.25) is 4.79 Å². The fourth-order valence-electron chi connectivity index (χ4n) is 15.6. The van der Waals surface area contributed by atoms with E-state index < -0.39 is 124 Å². The third kappa shape index (κ3) is 54.0. The molecule has 0 saturated carbocycles. The molecule has 12 N–H and O–H groups in total. The van der Waals surface area contributed by atoms with Gasteiger partial charge in [0.2, 0.25) is 5.91 Å². The second-order valence-corrected chi connectivity index (χ2v) is 33.5. The van der Waals surface area contributed by atoms with Crippen molar-refractivity contribution in [3.05, 3.63) is 109 Å². The number of hydrogen-bond donors (Lipinski definition) is 12. The zero-order valence-corrected chi connectivity index (χ0v) is 73.4. The molecule has 0 aromatic heterocycles. The Bertz CT molecular complexity index is 2540. The Morgan fingerprint density at radius 1 is 0.316 bits per heavy atom. The fourth-order valence-corrected chi connectivity index (χ4v) is 15.6. The summed E-state index contributed by atoms with van der Waals surface area (Å²) in [6.45, 7) is 1.67. The van der Waals surface area contributed by atoms with Gasteiger partial charge in [-0.2, -0.15) is 0 Å². The highest BCUT2D eigenvalue weighted by Crippen LogP contribution is 2.34. The van der Waals surface area contributed by atoms with Crippen LogP contribution in [0.1, 0.15) is 373 Å². The van der Waals surface area contributed by atoms with Crippen LogP contribution in [0.2, 0.25) is 0 Å². The molecule has 0 aromatic carbocycles. The Balaban J connectivity index is 1.31. The van der Waals surface area contributed by atoms with Gasteiger partial charge in [0.15, 0.2) is 18.9 Å². The summed E-state index contributed by atoms with van der Waals surface area (Å²) in [7, 11) is 0. The molecule has 678 valence electrons. The molecule has 0 spiro atoms. The van der Waals surface area contributed by atoms with Crippen LogP contribution in [0.25, 0.3) is 0 Å². The Morgan fingerprint density at radius 3 is 0.923 bits per heavy atom. The fraction of sp³-hybridized carbons (Fsp3) is 0.806. The quantitative estimate of drug-likeness (QED) is 0.0199. The van der Waals surface area contributed by atoms with Crippen molar-refractivity contribution < 1.29 is 89.4 Å². The van der Waals surface area contributed by atoms with Crippen molar-refractivity contribution in [2.24, 2.45) is 0 Å². The van der Waals surface area contributed by atoms with Crippen LogP contribution in [0.5, 0.6) is 0 Å². The average molecular weight is 1650 g/mol. The SMILES string of the molecule is CC/C=C\C/C=C\C/C=C\C/C=C\C/C=C\C/C=C\C/C=C\C/C=C\CCCCCCCCCCCCCCCCCCC(=O)NC(COC1OC(CO)C(OC2OC(CO)C(OC3OC(CO)C(O)C(O)C3O)C(O)C2O)C(O)C1O)C(O)/C=C/CCCCCCCCCCCCCCCCCCCCCCCCCCCCCCC. The topological polar surface area (TPSA) is 307 Å². The van der Waals surface area contributed by atoms with E-state index in [0.717, 1.165) is 96.3 Å². The van der Waals surface area contributed by atoms with Gasteiger partial charge in [-0.25, -0.2) is 0 Å². The number of nitrogens with one attached hydrogen (secondary N) is 1. The number of aliphatic hydroxyl groups is 11. The number of aliphatic hydroxyl groups excluding tert-OH is 11. The maximum absolute atomic E-state index is 13.5. The molecule has 0 aliphatic carbocycles. The van der Waals surface area contributed by atoms with E-state index in [9.17, 15) is 61.0 Å². The van der Waals surface area contributed by atoms with Crippen molar-refractivity contribution in [3.8, 4) is 0 Å². The molecule has 17 unspecified atom stereocenters. The largest absolute Gasteiger partial charge is 0.394 e. The minimum atomic E-state index is -1.98. The molecule has 0 aromatic rings. The lowest BCUT2D eigenvalue weighted by Crippen LogP contribution is -2.66. The van der Waals surface area contributed by atoms with E-state index in [1.165, 1.54) is 250 Å². The summed E-state index contributed by atoms with van der Waals surface area (Å²) in [6, 6.07) is -0.981. The van der Waals surface area contributed by atoms with Crippen LogP contribution in [0, 0.1) is 0 Å². The van der Waals surface area contributed by atoms with Crippen molar-refractivity contribution in [2.45, 2.75) is 478 Å². The molecule has 17 atom stereocenters. The van der Waals surface area contributed by atoms with E-state index in [-0.39, 0.29) is 18.9 Å². The van der Waals surface area contributed by atoms with Crippen LogP contribution >= 0.6 is 0 Å². The third-order valence-electron chi connectivity index (χ3n) is 23.1. The van der Waals surface area contributed by atoms with Gasteiger partial charge in [-0.1, -0.05) is 393 Å². The molecule has 0 bridgehead atoms. The van der Waals surface area contributed by atoms with Crippen molar-refractivity contribution in [2.75, 3.05) is 26.4 Å². The smallest absolute Gasteiger partial charge is 0.220 e. The first-order chi connectivity index (χ1) is 57.3. The minimum Gasteiger partial charge on any atom is -0.394 e. The van der Waals surface area contributed by atoms with Gasteiger partial charge < -0.3 is 89.9 Å². The molecular formula is C98H173NO18.